The van der Waals surface area contributed by atoms with E-state index >= 15 is 0 Å². The second kappa shape index (κ2) is 7.33. The quantitative estimate of drug-likeness (QED) is 0.833. The van der Waals surface area contributed by atoms with Crippen molar-refractivity contribution in [2.45, 2.75) is 13.3 Å². The normalized spacial score (nSPS) is 10.5. The van der Waals surface area contributed by atoms with E-state index in [9.17, 15) is 4.79 Å². The van der Waals surface area contributed by atoms with Crippen molar-refractivity contribution in [1.82, 2.24) is 10.2 Å². The highest BCUT2D eigenvalue weighted by Crippen LogP contribution is 2.18. The molecule has 0 bridgehead atoms. The molecule has 0 aliphatic rings. The zero-order valence-corrected chi connectivity index (χ0v) is 12.5. The van der Waals surface area contributed by atoms with Gasteiger partial charge < -0.3 is 4.74 Å². The van der Waals surface area contributed by atoms with Gasteiger partial charge in [0, 0.05) is 23.6 Å². The van der Waals surface area contributed by atoms with Crippen LogP contribution in [0.3, 0.4) is 0 Å². The number of hydrogen-bond donors (Lipinski definition) is 1. The van der Waals surface area contributed by atoms with Crippen LogP contribution in [0.15, 0.2) is 24.3 Å². The van der Waals surface area contributed by atoms with Crippen molar-refractivity contribution in [3.8, 4) is 0 Å². The Morgan fingerprint density at radius 2 is 2.30 bits per heavy atom. The molecule has 5 nitrogen and oxygen atoms in total. The van der Waals surface area contributed by atoms with Gasteiger partial charge in [-0.1, -0.05) is 29.0 Å². The molecular formula is C13H14ClN3O2S. The minimum Gasteiger partial charge on any atom is -0.381 e. The summed E-state index contributed by atoms with van der Waals surface area (Å²) in [5.74, 6) is -0.250. The van der Waals surface area contributed by atoms with Gasteiger partial charge >= 0.3 is 0 Å². The van der Waals surface area contributed by atoms with Crippen LogP contribution in [0.1, 0.15) is 22.3 Å². The van der Waals surface area contributed by atoms with E-state index in [-0.39, 0.29) is 5.91 Å². The Morgan fingerprint density at radius 3 is 3.05 bits per heavy atom. The average molecular weight is 312 g/mol. The van der Waals surface area contributed by atoms with Crippen LogP contribution < -0.4 is 5.32 Å². The van der Waals surface area contributed by atoms with Gasteiger partial charge in [-0.3, -0.25) is 10.1 Å². The van der Waals surface area contributed by atoms with Crippen molar-refractivity contribution in [2.24, 2.45) is 0 Å². The number of amides is 1. The van der Waals surface area contributed by atoms with E-state index in [1.165, 1.54) is 11.3 Å². The van der Waals surface area contributed by atoms with Gasteiger partial charge in [-0.05, 0) is 25.1 Å². The summed E-state index contributed by atoms with van der Waals surface area (Å²) in [5.41, 5.74) is 0.489. The lowest BCUT2D eigenvalue weighted by Crippen LogP contribution is -2.11. The van der Waals surface area contributed by atoms with Gasteiger partial charge in [0.2, 0.25) is 5.13 Å². The van der Waals surface area contributed by atoms with Crippen LogP contribution in [0.2, 0.25) is 5.02 Å². The number of halogens is 1. The first-order valence-electron chi connectivity index (χ1n) is 6.16. The summed E-state index contributed by atoms with van der Waals surface area (Å²) in [6.45, 7) is 3.22. The number of anilines is 1. The molecule has 20 heavy (non-hydrogen) atoms. The predicted molar refractivity (Wildman–Crippen MR) is 79.5 cm³/mol. The summed E-state index contributed by atoms with van der Waals surface area (Å²) in [6.07, 6.45) is 0.693. The average Bonchev–Trinajstić information content (AvgIpc) is 2.86. The maximum atomic E-state index is 12.0. The Kier molecular flexibility index (Phi) is 5.46. The molecule has 1 amide bonds. The Labute approximate surface area is 125 Å². The largest absolute Gasteiger partial charge is 0.381 e. The van der Waals surface area contributed by atoms with Crippen LogP contribution in [0.4, 0.5) is 5.13 Å². The lowest BCUT2D eigenvalue weighted by molar-refractivity contribution is 0.102. The summed E-state index contributed by atoms with van der Waals surface area (Å²) in [6, 6.07) is 6.74. The third-order valence-electron chi connectivity index (χ3n) is 2.44. The molecule has 7 heteroatoms. The molecule has 1 N–H and O–H groups in total. The molecule has 1 aromatic heterocycles. The van der Waals surface area contributed by atoms with Gasteiger partial charge in [-0.15, -0.1) is 10.2 Å². The van der Waals surface area contributed by atoms with Crippen LogP contribution in [0.25, 0.3) is 0 Å². The molecule has 2 rings (SSSR count). The molecule has 0 saturated heterocycles. The minimum absolute atomic E-state index is 0.250. The van der Waals surface area contributed by atoms with E-state index in [0.717, 1.165) is 5.01 Å². The van der Waals surface area contributed by atoms with Crippen LogP contribution >= 0.6 is 22.9 Å². The van der Waals surface area contributed by atoms with E-state index in [0.29, 0.717) is 35.4 Å². The second-order valence-corrected chi connectivity index (χ2v) is 5.41. The Morgan fingerprint density at radius 1 is 1.45 bits per heavy atom. The number of aromatic nitrogens is 2. The third-order valence-corrected chi connectivity index (χ3v) is 3.57. The van der Waals surface area contributed by atoms with Gasteiger partial charge in [0.15, 0.2) is 0 Å². The lowest BCUT2D eigenvalue weighted by Gasteiger charge is -2.01. The van der Waals surface area contributed by atoms with Gasteiger partial charge in [0.05, 0.1) is 6.61 Å². The molecule has 0 atom stereocenters. The first kappa shape index (κ1) is 14.9. The maximum Gasteiger partial charge on any atom is 0.257 e. The topological polar surface area (TPSA) is 64.1 Å². The fourth-order valence-electron chi connectivity index (χ4n) is 1.51. The van der Waals surface area contributed by atoms with E-state index < -0.39 is 0 Å². The third kappa shape index (κ3) is 4.26. The molecule has 0 spiro atoms. The van der Waals surface area contributed by atoms with Crippen molar-refractivity contribution < 1.29 is 9.53 Å². The van der Waals surface area contributed by atoms with Crippen molar-refractivity contribution in [3.05, 3.63) is 39.9 Å². The first-order chi connectivity index (χ1) is 9.69. The molecule has 0 aliphatic carbocycles. The number of nitrogens with one attached hydrogen (secondary N) is 1. The number of nitrogens with zero attached hydrogens (tertiary/aromatic N) is 2. The smallest absolute Gasteiger partial charge is 0.257 e. The fourth-order valence-corrected chi connectivity index (χ4v) is 2.41. The molecule has 0 unspecified atom stereocenters. The first-order valence-corrected chi connectivity index (χ1v) is 7.35. The minimum atomic E-state index is -0.250. The molecule has 1 aromatic carbocycles. The van der Waals surface area contributed by atoms with E-state index in [1.807, 2.05) is 6.92 Å². The SMILES string of the molecule is CCOCCc1nnc(NC(=O)c2cccc(Cl)c2)s1. The Bertz CT molecular complexity index is 589. The van der Waals surface area contributed by atoms with E-state index in [2.05, 4.69) is 15.5 Å². The molecule has 0 aliphatic heterocycles. The van der Waals surface area contributed by atoms with Crippen LogP contribution in [0, 0.1) is 0 Å². The van der Waals surface area contributed by atoms with Gasteiger partial charge in [-0.2, -0.15) is 0 Å². The zero-order valence-electron chi connectivity index (χ0n) is 10.9. The highest BCUT2D eigenvalue weighted by atomic mass is 35.5. The van der Waals surface area contributed by atoms with E-state index in [4.69, 9.17) is 16.3 Å². The van der Waals surface area contributed by atoms with E-state index in [1.54, 1.807) is 24.3 Å². The number of hydrogen-bond acceptors (Lipinski definition) is 5. The number of carbonyl (C=O) groups excluding carboxylic acids is 1. The summed E-state index contributed by atoms with van der Waals surface area (Å²) in [4.78, 5) is 12.0. The number of ether oxygens (including phenoxy) is 1. The summed E-state index contributed by atoms with van der Waals surface area (Å²) in [5, 5.41) is 12.5. The number of benzene rings is 1. The highest BCUT2D eigenvalue weighted by Gasteiger charge is 2.10. The van der Waals surface area contributed by atoms with Gasteiger partial charge in [-0.25, -0.2) is 0 Å². The number of rotatable bonds is 6. The molecule has 0 fully saturated rings. The van der Waals surface area contributed by atoms with Crippen molar-refractivity contribution in [3.63, 3.8) is 0 Å². The van der Waals surface area contributed by atoms with Crippen molar-refractivity contribution in [1.29, 1.82) is 0 Å². The fraction of sp³-hybridized carbons (Fsp3) is 0.308. The Balaban J connectivity index is 1.94. The maximum absolute atomic E-state index is 12.0. The summed E-state index contributed by atoms with van der Waals surface area (Å²) < 4.78 is 5.25. The molecule has 0 radical (unpaired) electrons. The molecule has 0 saturated carbocycles. The second-order valence-electron chi connectivity index (χ2n) is 3.91. The molecule has 106 valence electrons. The van der Waals surface area contributed by atoms with Crippen LogP contribution in [0.5, 0.6) is 0 Å². The monoisotopic (exact) mass is 311 g/mol. The summed E-state index contributed by atoms with van der Waals surface area (Å²) in [7, 11) is 0. The van der Waals surface area contributed by atoms with Crippen molar-refractivity contribution in [2.75, 3.05) is 18.5 Å². The molecule has 1 heterocycles. The van der Waals surface area contributed by atoms with Gasteiger partial charge in [0.25, 0.3) is 5.91 Å². The highest BCUT2D eigenvalue weighted by molar-refractivity contribution is 7.15. The Hall–Kier alpha value is -1.50. The molecular weight excluding hydrogens is 298 g/mol. The van der Waals surface area contributed by atoms with Crippen LogP contribution in [-0.4, -0.2) is 29.3 Å². The van der Waals surface area contributed by atoms with Gasteiger partial charge in [0.1, 0.15) is 5.01 Å². The number of carbonyl (C=O) groups is 1. The predicted octanol–water partition coefficient (Wildman–Crippen LogP) is 3.02. The standard InChI is InChI=1S/C13H14ClN3O2S/c1-2-19-7-6-11-16-17-13(20-11)15-12(18)9-4-3-5-10(14)8-9/h3-5,8H,2,6-7H2,1H3,(H,15,17,18). The summed E-state index contributed by atoms with van der Waals surface area (Å²) >= 11 is 7.19. The van der Waals surface area contributed by atoms with Crippen LogP contribution in [-0.2, 0) is 11.2 Å². The zero-order chi connectivity index (χ0) is 14.4. The molecule has 2 aromatic rings. The lowest BCUT2D eigenvalue weighted by atomic mass is 10.2. The van der Waals surface area contributed by atoms with Crippen molar-refractivity contribution >= 4 is 34.0 Å².